The van der Waals surface area contributed by atoms with Crippen LogP contribution >= 0.6 is 11.3 Å². The zero-order valence-electron chi connectivity index (χ0n) is 10.6. The Balaban J connectivity index is 1.53. The Morgan fingerprint density at radius 2 is 1.89 bits per heavy atom. The predicted octanol–water partition coefficient (Wildman–Crippen LogP) is 2.56. The molecule has 0 aliphatic heterocycles. The van der Waals surface area contributed by atoms with Crippen molar-refractivity contribution in [3.63, 3.8) is 0 Å². The maximum atomic E-state index is 12.8. The van der Waals surface area contributed by atoms with Gasteiger partial charge in [-0.2, -0.15) is 0 Å². The first-order chi connectivity index (χ1) is 9.29. The first-order valence-corrected chi connectivity index (χ1v) is 7.40. The molecule has 3 nitrogen and oxygen atoms in total. The summed E-state index contributed by atoms with van der Waals surface area (Å²) in [4.78, 5) is 0. The van der Waals surface area contributed by atoms with Crippen LogP contribution in [0.2, 0.25) is 0 Å². The zero-order valence-corrected chi connectivity index (χ0v) is 11.4. The van der Waals surface area contributed by atoms with Crippen LogP contribution in [0, 0.1) is 5.82 Å². The summed E-state index contributed by atoms with van der Waals surface area (Å²) in [6, 6.07) is 7.30. The third-order valence-electron chi connectivity index (χ3n) is 3.13. The fourth-order valence-corrected chi connectivity index (χ4v) is 2.79. The largest absolute Gasteiger partial charge is 0.314 e. The van der Waals surface area contributed by atoms with Gasteiger partial charge in [0.25, 0.3) is 0 Å². The number of nitrogens with zero attached hydrogens (tertiary/aromatic N) is 2. The average Bonchev–Trinajstić information content (AvgIpc) is 3.12. The Kier molecular flexibility index (Phi) is 3.84. The van der Waals surface area contributed by atoms with E-state index in [1.165, 1.54) is 25.0 Å². The molecule has 0 atom stereocenters. The quantitative estimate of drug-likeness (QED) is 0.882. The van der Waals surface area contributed by atoms with Gasteiger partial charge in [-0.05, 0) is 30.5 Å². The molecule has 1 aromatic carbocycles. The highest BCUT2D eigenvalue weighted by Crippen LogP contribution is 2.19. The molecule has 1 aromatic heterocycles. The molecule has 1 aliphatic rings. The summed E-state index contributed by atoms with van der Waals surface area (Å²) in [5.41, 5.74) is 1.07. The van der Waals surface area contributed by atoms with Gasteiger partial charge >= 0.3 is 0 Å². The molecule has 0 unspecified atom stereocenters. The Morgan fingerprint density at radius 1 is 1.16 bits per heavy atom. The van der Waals surface area contributed by atoms with Gasteiger partial charge in [0, 0.05) is 25.4 Å². The number of rotatable bonds is 6. The number of aromatic nitrogens is 2. The molecular formula is C14H16FN3S. The van der Waals surface area contributed by atoms with Crippen LogP contribution < -0.4 is 5.32 Å². The van der Waals surface area contributed by atoms with Crippen molar-refractivity contribution in [1.29, 1.82) is 0 Å². The lowest BCUT2D eigenvalue weighted by molar-refractivity contribution is 0.627. The molecule has 1 heterocycles. The van der Waals surface area contributed by atoms with Crippen molar-refractivity contribution in [3.8, 4) is 0 Å². The second-order valence-electron chi connectivity index (χ2n) is 4.87. The number of hydrogen-bond acceptors (Lipinski definition) is 4. The SMILES string of the molecule is Fc1ccc(Cc2nnc(CCNC3CC3)s2)cc1. The number of halogens is 1. The third kappa shape index (κ3) is 3.81. The van der Waals surface area contributed by atoms with Crippen molar-refractivity contribution >= 4 is 11.3 Å². The minimum absolute atomic E-state index is 0.201. The van der Waals surface area contributed by atoms with E-state index in [9.17, 15) is 4.39 Å². The summed E-state index contributed by atoms with van der Waals surface area (Å²) in [6.07, 6.45) is 4.30. The van der Waals surface area contributed by atoms with E-state index in [1.807, 2.05) is 0 Å². The molecule has 0 spiro atoms. The first kappa shape index (κ1) is 12.7. The number of nitrogens with one attached hydrogen (secondary N) is 1. The number of hydrogen-bond donors (Lipinski definition) is 1. The van der Waals surface area contributed by atoms with Gasteiger partial charge < -0.3 is 5.32 Å². The van der Waals surface area contributed by atoms with Crippen LogP contribution in [-0.2, 0) is 12.8 Å². The fraction of sp³-hybridized carbons (Fsp3) is 0.429. The van der Waals surface area contributed by atoms with Gasteiger partial charge in [-0.1, -0.05) is 12.1 Å². The van der Waals surface area contributed by atoms with Gasteiger partial charge in [0.2, 0.25) is 0 Å². The van der Waals surface area contributed by atoms with E-state index in [0.717, 1.165) is 41.0 Å². The molecule has 0 amide bonds. The van der Waals surface area contributed by atoms with Gasteiger partial charge in [-0.25, -0.2) is 4.39 Å². The smallest absolute Gasteiger partial charge is 0.123 e. The molecule has 3 rings (SSSR count). The standard InChI is InChI=1S/C14H16FN3S/c15-11-3-1-10(2-4-11)9-14-18-17-13(19-14)7-8-16-12-5-6-12/h1-4,12,16H,5-9H2. The van der Waals surface area contributed by atoms with Gasteiger partial charge in [0.15, 0.2) is 0 Å². The topological polar surface area (TPSA) is 37.8 Å². The summed E-state index contributed by atoms with van der Waals surface area (Å²) in [7, 11) is 0. The molecule has 5 heteroatoms. The Bertz CT molecular complexity index is 534. The van der Waals surface area contributed by atoms with E-state index in [1.54, 1.807) is 23.5 Å². The summed E-state index contributed by atoms with van der Waals surface area (Å²) in [6.45, 7) is 0.982. The molecule has 1 aliphatic carbocycles. The monoisotopic (exact) mass is 277 g/mol. The van der Waals surface area contributed by atoms with Crippen LogP contribution in [0.5, 0.6) is 0 Å². The van der Waals surface area contributed by atoms with Gasteiger partial charge in [0.05, 0.1) is 0 Å². The lowest BCUT2D eigenvalue weighted by atomic mass is 10.2. The molecule has 0 bridgehead atoms. The van der Waals surface area contributed by atoms with E-state index >= 15 is 0 Å². The second-order valence-corrected chi connectivity index (χ2v) is 6.02. The van der Waals surface area contributed by atoms with Crippen molar-refractivity contribution in [2.45, 2.75) is 31.7 Å². The summed E-state index contributed by atoms with van der Waals surface area (Å²) >= 11 is 1.65. The van der Waals surface area contributed by atoms with Gasteiger partial charge in [-0.3, -0.25) is 0 Å². The van der Waals surface area contributed by atoms with Crippen molar-refractivity contribution in [1.82, 2.24) is 15.5 Å². The van der Waals surface area contributed by atoms with Crippen LogP contribution in [0.15, 0.2) is 24.3 Å². The second kappa shape index (κ2) is 5.75. The van der Waals surface area contributed by atoms with Crippen LogP contribution in [0.4, 0.5) is 4.39 Å². The maximum absolute atomic E-state index is 12.8. The van der Waals surface area contributed by atoms with Gasteiger partial charge in [0.1, 0.15) is 15.8 Å². The van der Waals surface area contributed by atoms with E-state index in [-0.39, 0.29) is 5.82 Å². The lowest BCUT2D eigenvalue weighted by Crippen LogP contribution is -2.19. The predicted molar refractivity (Wildman–Crippen MR) is 73.8 cm³/mol. The van der Waals surface area contributed by atoms with Crippen molar-refractivity contribution < 1.29 is 4.39 Å². The first-order valence-electron chi connectivity index (χ1n) is 6.59. The third-order valence-corrected chi connectivity index (χ3v) is 4.11. The van der Waals surface area contributed by atoms with E-state index in [4.69, 9.17) is 0 Å². The summed E-state index contributed by atoms with van der Waals surface area (Å²) < 4.78 is 12.8. The molecular weight excluding hydrogens is 261 g/mol. The highest BCUT2D eigenvalue weighted by molar-refractivity contribution is 7.11. The highest BCUT2D eigenvalue weighted by atomic mass is 32.1. The van der Waals surface area contributed by atoms with Crippen molar-refractivity contribution in [2.24, 2.45) is 0 Å². The molecule has 0 radical (unpaired) electrons. The normalized spacial score (nSPS) is 14.8. The van der Waals surface area contributed by atoms with Gasteiger partial charge in [-0.15, -0.1) is 21.5 Å². The molecule has 2 aromatic rings. The minimum Gasteiger partial charge on any atom is -0.314 e. The van der Waals surface area contributed by atoms with E-state index in [2.05, 4.69) is 15.5 Å². The molecule has 1 N–H and O–H groups in total. The fourth-order valence-electron chi connectivity index (χ4n) is 1.91. The maximum Gasteiger partial charge on any atom is 0.123 e. The Labute approximate surface area is 115 Å². The van der Waals surface area contributed by atoms with Crippen LogP contribution in [0.3, 0.4) is 0 Å². The van der Waals surface area contributed by atoms with E-state index in [0.29, 0.717) is 0 Å². The van der Waals surface area contributed by atoms with Crippen LogP contribution in [-0.4, -0.2) is 22.8 Å². The lowest BCUT2D eigenvalue weighted by Gasteiger charge is -1.98. The molecule has 0 saturated heterocycles. The molecule has 1 fully saturated rings. The van der Waals surface area contributed by atoms with Crippen LogP contribution in [0.1, 0.15) is 28.4 Å². The van der Waals surface area contributed by atoms with Crippen molar-refractivity contribution in [3.05, 3.63) is 45.7 Å². The summed E-state index contributed by atoms with van der Waals surface area (Å²) in [5, 5.41) is 13.9. The molecule has 1 saturated carbocycles. The molecule has 19 heavy (non-hydrogen) atoms. The summed E-state index contributed by atoms with van der Waals surface area (Å²) in [5.74, 6) is -0.201. The molecule has 100 valence electrons. The van der Waals surface area contributed by atoms with Crippen molar-refractivity contribution in [2.75, 3.05) is 6.54 Å². The average molecular weight is 277 g/mol. The highest BCUT2D eigenvalue weighted by Gasteiger charge is 2.19. The zero-order chi connectivity index (χ0) is 13.1. The Hall–Kier alpha value is -1.33. The minimum atomic E-state index is -0.201. The Morgan fingerprint density at radius 3 is 2.63 bits per heavy atom. The van der Waals surface area contributed by atoms with E-state index < -0.39 is 0 Å². The number of benzene rings is 1. The van der Waals surface area contributed by atoms with Crippen LogP contribution in [0.25, 0.3) is 0 Å².